The lowest BCUT2D eigenvalue weighted by Gasteiger charge is -2.11. The van der Waals surface area contributed by atoms with Crippen LogP contribution in [0.5, 0.6) is 5.75 Å². The molecule has 2 aromatic rings. The summed E-state index contributed by atoms with van der Waals surface area (Å²) in [7, 11) is 0. The lowest BCUT2D eigenvalue weighted by molar-refractivity contribution is -0.126. The van der Waals surface area contributed by atoms with Gasteiger partial charge >= 0.3 is 0 Å². The van der Waals surface area contributed by atoms with Gasteiger partial charge in [-0.1, -0.05) is 35.9 Å². The summed E-state index contributed by atoms with van der Waals surface area (Å²) >= 11 is 5.92. The second-order valence-corrected chi connectivity index (χ2v) is 5.82. The van der Waals surface area contributed by atoms with E-state index in [1.54, 1.807) is 24.3 Å². The summed E-state index contributed by atoms with van der Waals surface area (Å²) in [6.45, 7) is 2.81. The van der Waals surface area contributed by atoms with Crippen LogP contribution in [-0.4, -0.2) is 25.0 Å². The minimum Gasteiger partial charge on any atom is -0.492 e. The average Bonchev–Trinajstić information content (AvgIpc) is 2.57. The summed E-state index contributed by atoms with van der Waals surface area (Å²) in [4.78, 5) is 23.9. The van der Waals surface area contributed by atoms with Crippen LogP contribution >= 0.6 is 11.6 Å². The number of hydrogen-bond acceptors (Lipinski definition) is 3. The lowest BCUT2D eigenvalue weighted by Crippen LogP contribution is -2.29. The topological polar surface area (TPSA) is 67.4 Å². The highest BCUT2D eigenvalue weighted by Crippen LogP contribution is 2.23. The quantitative estimate of drug-likeness (QED) is 0.709. The number of para-hydroxylation sites is 2. The van der Waals surface area contributed by atoms with Crippen molar-refractivity contribution >= 4 is 29.1 Å². The number of hydrogen-bond donors (Lipinski definition) is 2. The number of carbonyl (C=O) groups is 2. The summed E-state index contributed by atoms with van der Waals surface area (Å²) in [5.41, 5.74) is 1.59. The van der Waals surface area contributed by atoms with Gasteiger partial charge in [0.15, 0.2) is 0 Å². The molecule has 0 unspecified atom stereocenters. The molecule has 0 radical (unpaired) electrons. The van der Waals surface area contributed by atoms with Gasteiger partial charge in [-0.15, -0.1) is 0 Å². The molecule has 0 fully saturated rings. The number of carbonyl (C=O) groups excluding carboxylic acids is 2. The Hall–Kier alpha value is -2.53. The zero-order chi connectivity index (χ0) is 18.1. The highest BCUT2D eigenvalue weighted by Gasteiger charge is 2.11. The van der Waals surface area contributed by atoms with E-state index in [2.05, 4.69) is 10.6 Å². The van der Waals surface area contributed by atoms with Gasteiger partial charge in [-0.2, -0.15) is 0 Å². The van der Waals surface area contributed by atoms with Crippen molar-refractivity contribution in [3.05, 3.63) is 59.1 Å². The predicted octanol–water partition coefficient (Wildman–Crippen LogP) is 3.43. The molecular formula is C19H21ClN2O3. The largest absolute Gasteiger partial charge is 0.492 e. The van der Waals surface area contributed by atoms with E-state index in [0.29, 0.717) is 36.0 Å². The number of nitrogens with one attached hydrogen (secondary N) is 2. The van der Waals surface area contributed by atoms with Crippen LogP contribution < -0.4 is 15.4 Å². The molecule has 0 spiro atoms. The Morgan fingerprint density at radius 3 is 2.64 bits per heavy atom. The molecule has 0 heterocycles. The fraction of sp³-hybridized carbons (Fsp3) is 0.263. The average molecular weight is 361 g/mol. The fourth-order valence-corrected chi connectivity index (χ4v) is 2.51. The first kappa shape index (κ1) is 18.8. The monoisotopic (exact) mass is 360 g/mol. The maximum atomic E-state index is 12.0. The molecule has 2 aromatic carbocycles. The lowest BCUT2D eigenvalue weighted by atomic mass is 10.1. The molecule has 0 aliphatic rings. The Kier molecular flexibility index (Phi) is 7.29. The van der Waals surface area contributed by atoms with Crippen LogP contribution in [0.25, 0.3) is 0 Å². The van der Waals surface area contributed by atoms with Gasteiger partial charge in [-0.05, 0) is 43.2 Å². The molecule has 0 bridgehead atoms. The van der Waals surface area contributed by atoms with Crippen molar-refractivity contribution in [2.24, 2.45) is 0 Å². The highest BCUT2D eigenvalue weighted by molar-refractivity contribution is 6.30. The Morgan fingerprint density at radius 2 is 1.88 bits per heavy atom. The molecular weight excluding hydrogens is 340 g/mol. The molecule has 0 saturated carbocycles. The molecule has 2 amide bonds. The Labute approximate surface area is 152 Å². The first-order chi connectivity index (χ1) is 12.1. The van der Waals surface area contributed by atoms with Gasteiger partial charge < -0.3 is 15.4 Å². The van der Waals surface area contributed by atoms with Gasteiger partial charge in [0.25, 0.3) is 0 Å². The van der Waals surface area contributed by atoms with E-state index < -0.39 is 0 Å². The van der Waals surface area contributed by atoms with Crippen LogP contribution in [0.3, 0.4) is 0 Å². The van der Waals surface area contributed by atoms with Crippen LogP contribution in [0, 0.1) is 0 Å². The number of ether oxygens (including phenoxy) is 1. The van der Waals surface area contributed by atoms with Crippen LogP contribution in [-0.2, 0) is 16.0 Å². The Morgan fingerprint density at radius 1 is 1.08 bits per heavy atom. The minimum atomic E-state index is -0.382. The van der Waals surface area contributed by atoms with Crippen molar-refractivity contribution in [2.75, 3.05) is 18.5 Å². The second kappa shape index (κ2) is 9.69. The van der Waals surface area contributed by atoms with Crippen molar-refractivity contribution in [1.29, 1.82) is 0 Å². The van der Waals surface area contributed by atoms with Crippen LogP contribution in [0.2, 0.25) is 5.02 Å². The summed E-state index contributed by atoms with van der Waals surface area (Å²) in [6.07, 6.45) is 0.414. The van der Waals surface area contributed by atoms with Crippen LogP contribution in [0.1, 0.15) is 18.9 Å². The summed E-state index contributed by atoms with van der Waals surface area (Å²) in [6, 6.07) is 14.6. The van der Waals surface area contributed by atoms with E-state index in [1.807, 2.05) is 31.2 Å². The van der Waals surface area contributed by atoms with Gasteiger partial charge in [-0.25, -0.2) is 0 Å². The third-order valence-corrected chi connectivity index (χ3v) is 3.64. The van der Waals surface area contributed by atoms with Crippen molar-refractivity contribution in [2.45, 2.75) is 19.8 Å². The van der Waals surface area contributed by atoms with Crippen molar-refractivity contribution in [1.82, 2.24) is 5.32 Å². The van der Waals surface area contributed by atoms with E-state index >= 15 is 0 Å². The summed E-state index contributed by atoms with van der Waals surface area (Å²) in [5, 5.41) is 6.10. The van der Waals surface area contributed by atoms with Gasteiger partial charge in [0.2, 0.25) is 11.8 Å². The third kappa shape index (κ3) is 6.47. The molecule has 0 aromatic heterocycles. The number of anilines is 1. The first-order valence-electron chi connectivity index (χ1n) is 8.11. The smallest absolute Gasteiger partial charge is 0.233 e. The molecule has 2 rings (SSSR count). The molecule has 25 heavy (non-hydrogen) atoms. The second-order valence-electron chi connectivity index (χ2n) is 5.38. The maximum absolute atomic E-state index is 12.0. The predicted molar refractivity (Wildman–Crippen MR) is 99.0 cm³/mol. The summed E-state index contributed by atoms with van der Waals surface area (Å²) < 4.78 is 5.44. The van der Waals surface area contributed by atoms with Crippen molar-refractivity contribution in [3.8, 4) is 5.75 Å². The first-order valence-corrected chi connectivity index (χ1v) is 8.49. The number of rotatable bonds is 8. The highest BCUT2D eigenvalue weighted by atomic mass is 35.5. The number of halogens is 1. The van der Waals surface area contributed by atoms with E-state index in [-0.39, 0.29) is 18.2 Å². The number of amides is 2. The maximum Gasteiger partial charge on any atom is 0.233 e. The van der Waals surface area contributed by atoms with Gasteiger partial charge in [0.1, 0.15) is 12.2 Å². The van der Waals surface area contributed by atoms with Crippen LogP contribution in [0.15, 0.2) is 48.5 Å². The van der Waals surface area contributed by atoms with E-state index in [0.717, 1.165) is 5.56 Å². The van der Waals surface area contributed by atoms with Gasteiger partial charge in [-0.3, -0.25) is 9.59 Å². The molecule has 0 aliphatic carbocycles. The Balaban J connectivity index is 1.77. The van der Waals surface area contributed by atoms with Crippen LogP contribution in [0.4, 0.5) is 5.69 Å². The fourth-order valence-electron chi connectivity index (χ4n) is 2.29. The summed E-state index contributed by atoms with van der Waals surface area (Å²) in [5.74, 6) is -0.124. The third-order valence-electron chi connectivity index (χ3n) is 3.41. The minimum absolute atomic E-state index is 0.240. The van der Waals surface area contributed by atoms with E-state index in [1.165, 1.54) is 0 Å². The molecule has 0 aliphatic heterocycles. The van der Waals surface area contributed by atoms with Crippen molar-refractivity contribution < 1.29 is 14.3 Å². The van der Waals surface area contributed by atoms with Gasteiger partial charge in [0, 0.05) is 11.6 Å². The van der Waals surface area contributed by atoms with E-state index in [9.17, 15) is 9.59 Å². The molecule has 5 nitrogen and oxygen atoms in total. The molecule has 132 valence electrons. The molecule has 0 atom stereocenters. The number of benzene rings is 2. The van der Waals surface area contributed by atoms with Crippen molar-refractivity contribution in [3.63, 3.8) is 0 Å². The molecule has 6 heteroatoms. The van der Waals surface area contributed by atoms with E-state index in [4.69, 9.17) is 16.3 Å². The standard InChI is InChI=1S/C19H21ClN2O3/c1-2-25-17-9-4-3-8-16(17)22-19(24)13-18(23)21-11-10-14-6-5-7-15(20)12-14/h3-9,12H,2,10-11,13H2,1H3,(H,21,23)(H,22,24). The zero-order valence-electron chi connectivity index (χ0n) is 14.0. The zero-order valence-corrected chi connectivity index (χ0v) is 14.8. The molecule has 0 saturated heterocycles. The molecule has 2 N–H and O–H groups in total. The van der Waals surface area contributed by atoms with Gasteiger partial charge in [0.05, 0.1) is 12.3 Å². The SMILES string of the molecule is CCOc1ccccc1NC(=O)CC(=O)NCCc1cccc(Cl)c1. The Bertz CT molecular complexity index is 734. The normalized spacial score (nSPS) is 10.2.